The Bertz CT molecular complexity index is 850. The van der Waals surface area contributed by atoms with Gasteiger partial charge in [-0.05, 0) is 37.0 Å². The van der Waals surface area contributed by atoms with Crippen LogP contribution in [0.15, 0.2) is 46.9 Å². The molecule has 0 saturated carbocycles. The smallest absolute Gasteiger partial charge is 0.270 e. The predicted molar refractivity (Wildman–Crippen MR) is 109 cm³/mol. The molecule has 0 radical (unpaired) electrons. The maximum absolute atomic E-state index is 13.2. The van der Waals surface area contributed by atoms with E-state index in [2.05, 4.69) is 20.8 Å². The molecule has 1 fully saturated rings. The summed E-state index contributed by atoms with van der Waals surface area (Å²) >= 11 is 3.50. The number of nitrogens with zero attached hydrogens (tertiary/aromatic N) is 3. The van der Waals surface area contributed by atoms with Crippen LogP contribution < -0.4 is 4.90 Å². The maximum Gasteiger partial charge on any atom is 0.270 e. The highest BCUT2D eigenvalue weighted by atomic mass is 79.9. The lowest BCUT2D eigenvalue weighted by atomic mass is 10.1. The molecule has 0 spiro atoms. The van der Waals surface area contributed by atoms with Gasteiger partial charge in [0.15, 0.2) is 0 Å². The number of carbonyl (C=O) groups is 1. The summed E-state index contributed by atoms with van der Waals surface area (Å²) in [6.45, 7) is 2.15. The van der Waals surface area contributed by atoms with Crippen LogP contribution in [0.2, 0.25) is 0 Å². The number of hydrogen-bond donors (Lipinski definition) is 0. The Morgan fingerprint density at radius 2 is 1.89 bits per heavy atom. The van der Waals surface area contributed by atoms with Crippen LogP contribution in [0, 0.1) is 10.1 Å². The van der Waals surface area contributed by atoms with Gasteiger partial charge in [0.25, 0.3) is 11.6 Å². The number of rotatable bonds is 5. The van der Waals surface area contributed by atoms with Crippen molar-refractivity contribution < 1.29 is 9.72 Å². The quantitative estimate of drug-likeness (QED) is 0.511. The zero-order valence-corrected chi connectivity index (χ0v) is 16.8. The lowest BCUT2D eigenvalue weighted by molar-refractivity contribution is -0.384. The fourth-order valence-electron chi connectivity index (χ4n) is 3.38. The van der Waals surface area contributed by atoms with E-state index in [-0.39, 0.29) is 11.6 Å². The molecule has 1 aliphatic rings. The molecule has 0 aromatic heterocycles. The second kappa shape index (κ2) is 8.52. The van der Waals surface area contributed by atoms with E-state index in [0.29, 0.717) is 12.1 Å². The first-order valence-electron chi connectivity index (χ1n) is 8.99. The summed E-state index contributed by atoms with van der Waals surface area (Å²) in [5.74, 6) is -0.213. The molecule has 2 aromatic rings. The van der Waals surface area contributed by atoms with Crippen molar-refractivity contribution in [3.8, 4) is 0 Å². The van der Waals surface area contributed by atoms with Crippen LogP contribution >= 0.6 is 15.9 Å². The molecule has 2 aromatic carbocycles. The lowest BCUT2D eigenvalue weighted by Crippen LogP contribution is -2.33. The molecule has 7 heteroatoms. The first kappa shape index (κ1) is 19.4. The summed E-state index contributed by atoms with van der Waals surface area (Å²) < 4.78 is 0.931. The van der Waals surface area contributed by atoms with Gasteiger partial charge in [0.1, 0.15) is 0 Å². The van der Waals surface area contributed by atoms with E-state index in [1.165, 1.54) is 18.6 Å². The zero-order chi connectivity index (χ0) is 19.4. The van der Waals surface area contributed by atoms with Crippen LogP contribution in [-0.2, 0) is 6.54 Å². The normalized spacial score (nSPS) is 14.1. The number of carbonyl (C=O) groups excluding carboxylic acids is 1. The van der Waals surface area contributed by atoms with E-state index >= 15 is 0 Å². The molecular formula is C20H22BrN3O3. The van der Waals surface area contributed by atoms with Gasteiger partial charge in [0, 0.05) is 43.3 Å². The third kappa shape index (κ3) is 4.47. The monoisotopic (exact) mass is 431 g/mol. The molecule has 0 N–H and O–H groups in total. The SMILES string of the molecule is CN(Cc1ccccc1Br)C(=O)c1cc([N+](=O)[O-])ccc1N1CCCCC1. The van der Waals surface area contributed by atoms with Crippen LogP contribution in [-0.4, -0.2) is 35.9 Å². The van der Waals surface area contributed by atoms with Gasteiger partial charge in [-0.3, -0.25) is 14.9 Å². The summed E-state index contributed by atoms with van der Waals surface area (Å²) in [6, 6.07) is 12.3. The topological polar surface area (TPSA) is 66.7 Å². The van der Waals surface area contributed by atoms with E-state index in [9.17, 15) is 14.9 Å². The van der Waals surface area contributed by atoms with Crippen LogP contribution in [0.3, 0.4) is 0 Å². The lowest BCUT2D eigenvalue weighted by Gasteiger charge is -2.31. The minimum atomic E-state index is -0.454. The van der Waals surface area contributed by atoms with Crippen molar-refractivity contribution in [3.63, 3.8) is 0 Å². The van der Waals surface area contributed by atoms with Crippen LogP contribution in [0.1, 0.15) is 35.2 Å². The molecule has 0 aliphatic carbocycles. The zero-order valence-electron chi connectivity index (χ0n) is 15.2. The number of benzene rings is 2. The van der Waals surface area contributed by atoms with E-state index in [0.717, 1.165) is 41.7 Å². The summed E-state index contributed by atoms with van der Waals surface area (Å²) in [5, 5.41) is 11.2. The third-order valence-corrected chi connectivity index (χ3v) is 5.60. The number of piperidine rings is 1. The summed E-state index contributed by atoms with van der Waals surface area (Å²) in [4.78, 5) is 27.7. The molecule has 3 rings (SSSR count). The number of anilines is 1. The molecule has 27 heavy (non-hydrogen) atoms. The third-order valence-electron chi connectivity index (χ3n) is 4.83. The van der Waals surface area contributed by atoms with E-state index in [1.807, 2.05) is 24.3 Å². The Labute approximate surface area is 167 Å². The number of halogens is 1. The number of nitro benzene ring substituents is 1. The van der Waals surface area contributed by atoms with Crippen LogP contribution in [0.4, 0.5) is 11.4 Å². The first-order chi connectivity index (χ1) is 13.0. The first-order valence-corrected chi connectivity index (χ1v) is 9.79. The molecule has 1 amide bonds. The molecule has 142 valence electrons. The van der Waals surface area contributed by atoms with Gasteiger partial charge in [0.05, 0.1) is 16.2 Å². The Hall–Kier alpha value is -2.41. The number of amides is 1. The fraction of sp³-hybridized carbons (Fsp3) is 0.350. The van der Waals surface area contributed by atoms with Crippen LogP contribution in [0.5, 0.6) is 0 Å². The average Bonchev–Trinajstić information content (AvgIpc) is 2.69. The van der Waals surface area contributed by atoms with Crippen molar-refractivity contribution in [1.29, 1.82) is 0 Å². The van der Waals surface area contributed by atoms with Gasteiger partial charge in [0.2, 0.25) is 0 Å². The highest BCUT2D eigenvalue weighted by Crippen LogP contribution is 2.29. The number of nitro groups is 1. The minimum absolute atomic E-state index is 0.0617. The molecule has 0 atom stereocenters. The van der Waals surface area contributed by atoms with Gasteiger partial charge in [-0.25, -0.2) is 0 Å². The minimum Gasteiger partial charge on any atom is -0.371 e. The highest BCUT2D eigenvalue weighted by molar-refractivity contribution is 9.10. The van der Waals surface area contributed by atoms with E-state index in [4.69, 9.17) is 0 Å². The van der Waals surface area contributed by atoms with Crippen LogP contribution in [0.25, 0.3) is 0 Å². The molecule has 6 nitrogen and oxygen atoms in total. The summed E-state index contributed by atoms with van der Waals surface area (Å²) in [7, 11) is 1.72. The Balaban J connectivity index is 1.92. The molecule has 0 bridgehead atoms. The fourth-order valence-corrected chi connectivity index (χ4v) is 3.79. The van der Waals surface area contributed by atoms with Crippen molar-refractivity contribution in [1.82, 2.24) is 4.90 Å². The molecular weight excluding hydrogens is 410 g/mol. The van der Waals surface area contributed by atoms with Crippen molar-refractivity contribution in [2.75, 3.05) is 25.0 Å². The standard InChI is InChI=1S/C20H22BrN3O3/c1-22(14-15-7-3-4-8-18(15)21)20(25)17-13-16(24(26)27)9-10-19(17)23-11-5-2-6-12-23/h3-4,7-10,13H,2,5-6,11-12,14H2,1H3. The second-order valence-corrected chi connectivity index (χ2v) is 7.61. The molecule has 1 heterocycles. The molecule has 1 saturated heterocycles. The van der Waals surface area contributed by atoms with E-state index < -0.39 is 4.92 Å². The largest absolute Gasteiger partial charge is 0.371 e. The Morgan fingerprint density at radius 1 is 1.19 bits per heavy atom. The average molecular weight is 432 g/mol. The van der Waals surface area contributed by atoms with Gasteiger partial charge >= 0.3 is 0 Å². The summed E-state index contributed by atoms with van der Waals surface area (Å²) in [6.07, 6.45) is 3.31. The van der Waals surface area contributed by atoms with Crippen molar-refractivity contribution in [2.45, 2.75) is 25.8 Å². The molecule has 0 unspecified atom stereocenters. The maximum atomic E-state index is 13.2. The van der Waals surface area contributed by atoms with Gasteiger partial charge < -0.3 is 9.80 Å². The Morgan fingerprint density at radius 3 is 2.56 bits per heavy atom. The van der Waals surface area contributed by atoms with Gasteiger partial charge in [-0.2, -0.15) is 0 Å². The van der Waals surface area contributed by atoms with Crippen molar-refractivity contribution in [2.24, 2.45) is 0 Å². The Kier molecular flexibility index (Phi) is 6.11. The number of hydrogen-bond acceptors (Lipinski definition) is 4. The van der Waals surface area contributed by atoms with Gasteiger partial charge in [-0.1, -0.05) is 34.1 Å². The van der Waals surface area contributed by atoms with Gasteiger partial charge in [-0.15, -0.1) is 0 Å². The van der Waals surface area contributed by atoms with E-state index in [1.54, 1.807) is 18.0 Å². The summed E-state index contributed by atoms with van der Waals surface area (Å²) in [5.41, 5.74) is 2.09. The number of non-ortho nitro benzene ring substituents is 1. The molecule has 1 aliphatic heterocycles. The second-order valence-electron chi connectivity index (χ2n) is 6.76. The van der Waals surface area contributed by atoms with Crippen molar-refractivity contribution >= 4 is 33.2 Å². The highest BCUT2D eigenvalue weighted by Gasteiger charge is 2.24. The predicted octanol–water partition coefficient (Wildman–Crippen LogP) is 4.62. The van der Waals surface area contributed by atoms with Crippen molar-refractivity contribution in [3.05, 3.63) is 68.2 Å².